The highest BCUT2D eigenvalue weighted by molar-refractivity contribution is 6.00. The first-order valence-electron chi connectivity index (χ1n) is 7.49. The fraction of sp³-hybridized carbons (Fsp3) is 0.294. The average Bonchev–Trinajstić information content (AvgIpc) is 2.55. The van der Waals surface area contributed by atoms with E-state index in [0.717, 1.165) is 12.0 Å². The summed E-state index contributed by atoms with van der Waals surface area (Å²) in [4.78, 5) is 32.5. The molecule has 0 spiro atoms. The van der Waals surface area contributed by atoms with Crippen molar-refractivity contribution in [3.05, 3.63) is 53.6 Å². The first-order chi connectivity index (χ1) is 11.0. The minimum atomic E-state index is -0.672. The summed E-state index contributed by atoms with van der Waals surface area (Å²) in [6, 6.07) is 6.53. The Morgan fingerprint density at radius 2 is 1.91 bits per heavy atom. The summed E-state index contributed by atoms with van der Waals surface area (Å²) < 4.78 is 0. The zero-order valence-corrected chi connectivity index (χ0v) is 13.5. The van der Waals surface area contributed by atoms with Crippen LogP contribution in [0.25, 0.3) is 0 Å². The number of nitrogens with one attached hydrogen (secondary N) is 2. The van der Waals surface area contributed by atoms with Crippen molar-refractivity contribution in [1.82, 2.24) is 15.3 Å². The lowest BCUT2D eigenvalue weighted by atomic mass is 10.1. The molecular formula is C17H20N4O2. The fourth-order valence-electron chi connectivity index (χ4n) is 1.98. The third-order valence-electron chi connectivity index (χ3n) is 3.31. The highest BCUT2D eigenvalue weighted by Crippen LogP contribution is 2.06. The maximum atomic E-state index is 12.1. The van der Waals surface area contributed by atoms with Gasteiger partial charge >= 0.3 is 0 Å². The van der Waals surface area contributed by atoms with Gasteiger partial charge in [0.05, 0.1) is 18.1 Å². The summed E-state index contributed by atoms with van der Waals surface area (Å²) in [5, 5.41) is 5.36. The average molecular weight is 312 g/mol. The van der Waals surface area contributed by atoms with Crippen molar-refractivity contribution in [1.29, 1.82) is 0 Å². The maximum Gasteiger partial charge on any atom is 0.251 e. The third kappa shape index (κ3) is 4.60. The van der Waals surface area contributed by atoms with E-state index in [4.69, 9.17) is 0 Å². The Balaban J connectivity index is 1.95. The predicted octanol–water partition coefficient (Wildman–Crippen LogP) is 2.10. The second-order valence-electron chi connectivity index (χ2n) is 5.30. The van der Waals surface area contributed by atoms with Gasteiger partial charge in [-0.1, -0.05) is 24.6 Å². The van der Waals surface area contributed by atoms with Crippen LogP contribution in [0, 0.1) is 6.92 Å². The van der Waals surface area contributed by atoms with E-state index in [1.54, 1.807) is 31.5 Å². The van der Waals surface area contributed by atoms with Crippen molar-refractivity contribution in [3.63, 3.8) is 0 Å². The van der Waals surface area contributed by atoms with E-state index < -0.39 is 6.04 Å². The summed E-state index contributed by atoms with van der Waals surface area (Å²) in [6.45, 7) is 5.49. The molecule has 1 aromatic carbocycles. The van der Waals surface area contributed by atoms with E-state index in [9.17, 15) is 9.59 Å². The zero-order valence-electron chi connectivity index (χ0n) is 13.5. The van der Waals surface area contributed by atoms with E-state index in [-0.39, 0.29) is 11.8 Å². The topological polar surface area (TPSA) is 84.0 Å². The van der Waals surface area contributed by atoms with Gasteiger partial charge in [0, 0.05) is 12.0 Å². The van der Waals surface area contributed by atoms with E-state index in [2.05, 4.69) is 20.6 Å². The molecule has 6 heteroatoms. The van der Waals surface area contributed by atoms with Crippen LogP contribution in [0.1, 0.15) is 35.6 Å². The van der Waals surface area contributed by atoms with Crippen LogP contribution in [-0.4, -0.2) is 27.8 Å². The van der Waals surface area contributed by atoms with Crippen LogP contribution in [0.15, 0.2) is 36.7 Å². The number of aryl methyl sites for hydroxylation is 2. The van der Waals surface area contributed by atoms with Gasteiger partial charge in [0.1, 0.15) is 11.9 Å². The molecule has 1 aromatic heterocycles. The SMILES string of the molecule is CCc1ncc(NC(=O)[C@@H](C)NC(=O)c2cccc(C)c2)cn1. The maximum absolute atomic E-state index is 12.1. The molecule has 0 aliphatic carbocycles. The molecule has 0 aliphatic rings. The monoisotopic (exact) mass is 312 g/mol. The molecule has 120 valence electrons. The molecule has 1 atom stereocenters. The highest BCUT2D eigenvalue weighted by Gasteiger charge is 2.17. The van der Waals surface area contributed by atoms with Gasteiger partial charge < -0.3 is 10.6 Å². The summed E-state index contributed by atoms with van der Waals surface area (Å²) in [5.41, 5.74) is 2.02. The number of carbonyl (C=O) groups is 2. The molecule has 2 rings (SSSR count). The Morgan fingerprint density at radius 1 is 1.22 bits per heavy atom. The minimum Gasteiger partial charge on any atom is -0.341 e. The molecule has 2 N–H and O–H groups in total. The molecular weight excluding hydrogens is 292 g/mol. The van der Waals surface area contributed by atoms with Crippen LogP contribution in [0.2, 0.25) is 0 Å². The predicted molar refractivity (Wildman–Crippen MR) is 88.1 cm³/mol. The van der Waals surface area contributed by atoms with Crippen molar-refractivity contribution in [3.8, 4) is 0 Å². The molecule has 2 amide bonds. The minimum absolute atomic E-state index is 0.283. The molecule has 0 radical (unpaired) electrons. The number of nitrogens with zero attached hydrogens (tertiary/aromatic N) is 2. The Labute approximate surface area is 135 Å². The van der Waals surface area contributed by atoms with Crippen LogP contribution in [-0.2, 0) is 11.2 Å². The van der Waals surface area contributed by atoms with E-state index >= 15 is 0 Å². The van der Waals surface area contributed by atoms with Crippen molar-refractivity contribution < 1.29 is 9.59 Å². The number of aromatic nitrogens is 2. The number of benzene rings is 1. The number of amides is 2. The summed E-state index contributed by atoms with van der Waals surface area (Å²) in [7, 11) is 0. The molecule has 0 saturated heterocycles. The largest absolute Gasteiger partial charge is 0.341 e. The lowest BCUT2D eigenvalue weighted by molar-refractivity contribution is -0.117. The molecule has 0 fully saturated rings. The molecule has 6 nitrogen and oxygen atoms in total. The summed E-state index contributed by atoms with van der Waals surface area (Å²) in [6.07, 6.45) is 3.84. The van der Waals surface area contributed by atoms with Crippen LogP contribution in [0.3, 0.4) is 0 Å². The number of anilines is 1. The van der Waals surface area contributed by atoms with E-state index in [0.29, 0.717) is 17.1 Å². The van der Waals surface area contributed by atoms with Gasteiger partial charge in [0.25, 0.3) is 5.91 Å². The van der Waals surface area contributed by atoms with Crippen molar-refractivity contribution in [2.24, 2.45) is 0 Å². The Kier molecular flexibility index (Phi) is 5.41. The van der Waals surface area contributed by atoms with Crippen LogP contribution >= 0.6 is 0 Å². The van der Waals surface area contributed by atoms with Gasteiger partial charge in [0.15, 0.2) is 0 Å². The standard InChI is InChI=1S/C17H20N4O2/c1-4-15-18-9-14(10-19-15)21-16(22)12(3)20-17(23)13-7-5-6-11(2)8-13/h5-10,12H,4H2,1-3H3,(H,20,23)(H,21,22)/t12-/m1/s1. The second kappa shape index (κ2) is 7.49. The molecule has 1 heterocycles. The molecule has 0 unspecified atom stereocenters. The third-order valence-corrected chi connectivity index (χ3v) is 3.31. The number of hydrogen-bond donors (Lipinski definition) is 2. The lowest BCUT2D eigenvalue weighted by Crippen LogP contribution is -2.41. The van der Waals surface area contributed by atoms with Gasteiger partial charge in [-0.25, -0.2) is 9.97 Å². The number of rotatable bonds is 5. The van der Waals surface area contributed by atoms with Crippen LogP contribution in [0.5, 0.6) is 0 Å². The molecule has 0 bridgehead atoms. The fourth-order valence-corrected chi connectivity index (χ4v) is 1.98. The molecule has 2 aromatic rings. The Morgan fingerprint density at radius 3 is 2.52 bits per heavy atom. The van der Waals surface area contributed by atoms with Gasteiger partial charge in [0.2, 0.25) is 5.91 Å². The summed E-state index contributed by atoms with van der Waals surface area (Å²) in [5.74, 6) is 0.108. The van der Waals surface area contributed by atoms with Crippen molar-refractivity contribution in [2.45, 2.75) is 33.2 Å². The molecule has 23 heavy (non-hydrogen) atoms. The molecule has 0 saturated carbocycles. The first kappa shape index (κ1) is 16.6. The van der Waals surface area contributed by atoms with E-state index in [1.807, 2.05) is 26.0 Å². The van der Waals surface area contributed by atoms with Gasteiger partial charge in [-0.2, -0.15) is 0 Å². The number of carbonyl (C=O) groups excluding carboxylic acids is 2. The van der Waals surface area contributed by atoms with E-state index in [1.165, 1.54) is 0 Å². The van der Waals surface area contributed by atoms with Gasteiger partial charge in [-0.3, -0.25) is 9.59 Å². The quantitative estimate of drug-likeness (QED) is 0.885. The Hall–Kier alpha value is -2.76. The van der Waals surface area contributed by atoms with Crippen LogP contribution in [0.4, 0.5) is 5.69 Å². The second-order valence-corrected chi connectivity index (χ2v) is 5.30. The van der Waals surface area contributed by atoms with Crippen molar-refractivity contribution >= 4 is 17.5 Å². The van der Waals surface area contributed by atoms with Crippen LogP contribution < -0.4 is 10.6 Å². The lowest BCUT2D eigenvalue weighted by Gasteiger charge is -2.14. The summed E-state index contributed by atoms with van der Waals surface area (Å²) >= 11 is 0. The smallest absolute Gasteiger partial charge is 0.251 e. The number of hydrogen-bond acceptors (Lipinski definition) is 4. The van der Waals surface area contributed by atoms with Gasteiger partial charge in [-0.05, 0) is 26.0 Å². The zero-order chi connectivity index (χ0) is 16.8. The first-order valence-corrected chi connectivity index (χ1v) is 7.49. The highest BCUT2D eigenvalue weighted by atomic mass is 16.2. The molecule has 0 aliphatic heterocycles. The Bertz CT molecular complexity index is 698. The van der Waals surface area contributed by atoms with Gasteiger partial charge in [-0.15, -0.1) is 0 Å². The normalized spacial score (nSPS) is 11.6. The van der Waals surface area contributed by atoms with Crippen molar-refractivity contribution in [2.75, 3.05) is 5.32 Å².